The Morgan fingerprint density at radius 2 is 1.55 bits per heavy atom. The van der Waals surface area contributed by atoms with Gasteiger partial charge in [-0.25, -0.2) is 4.79 Å². The van der Waals surface area contributed by atoms with Gasteiger partial charge in [0, 0.05) is 0 Å². The lowest BCUT2D eigenvalue weighted by Gasteiger charge is -1.86. The van der Waals surface area contributed by atoms with E-state index in [4.69, 9.17) is 5.11 Å². The second-order valence-electron chi connectivity index (χ2n) is 1.61. The fourth-order valence-corrected chi connectivity index (χ4v) is 0.302. The molecule has 0 atom stereocenters. The van der Waals surface area contributed by atoms with E-state index in [1.807, 2.05) is 0 Å². The van der Waals surface area contributed by atoms with E-state index in [1.54, 1.807) is 0 Å². The van der Waals surface area contributed by atoms with Crippen molar-refractivity contribution >= 4 is 17.5 Å². The Balaban J connectivity index is -0.000000320. The number of Topliss-reactive ketones (excluding diaryl/α,β-unsaturated/α-hetero) is 2. The molecule has 0 saturated heterocycles. The van der Waals surface area contributed by atoms with E-state index in [2.05, 4.69) is 0 Å². The van der Waals surface area contributed by atoms with E-state index in [1.165, 1.54) is 6.92 Å². The summed E-state index contributed by atoms with van der Waals surface area (Å²) < 4.78 is 0. The van der Waals surface area contributed by atoms with Crippen molar-refractivity contribution in [1.82, 2.24) is 0 Å². The summed E-state index contributed by atoms with van der Waals surface area (Å²) >= 11 is 0. The highest BCUT2D eigenvalue weighted by Gasteiger charge is 2.12. The first kappa shape index (κ1) is 16.4. The minimum Gasteiger partial charge on any atom is -0.475 e. The maximum atomic E-state index is 10.1. The summed E-state index contributed by atoms with van der Waals surface area (Å²) in [5.41, 5.74) is 0. The Bertz CT molecular complexity index is 160. The van der Waals surface area contributed by atoms with Gasteiger partial charge in [0.2, 0.25) is 5.78 Å². The number of hydrogen-bond donors (Lipinski definition) is 1. The fraction of sp³-hybridized carbons (Fsp3) is 0.400. The van der Waals surface area contributed by atoms with Crippen LogP contribution >= 0.6 is 0 Å². The maximum absolute atomic E-state index is 10.1. The molecule has 11 heavy (non-hydrogen) atoms. The number of carbonyl (C=O) groups is 3. The molecule has 0 heterocycles. The Morgan fingerprint density at radius 3 is 1.64 bits per heavy atom. The summed E-state index contributed by atoms with van der Waals surface area (Å²) in [6.07, 6.45) is -0.505. The third kappa shape index (κ3) is 8.73. The van der Waals surface area contributed by atoms with Gasteiger partial charge in [-0.1, -0.05) is 0 Å². The monoisotopic (exact) mass is 166 g/mol. The predicted octanol–water partition coefficient (Wildman–Crippen LogP) is -2.03. The average Bonchev–Trinajstić information content (AvgIpc) is 1.63. The Morgan fingerprint density at radius 1 is 1.18 bits per heavy atom. The molecule has 0 rings (SSSR count). The van der Waals surface area contributed by atoms with Crippen molar-refractivity contribution in [2.45, 2.75) is 13.3 Å². The zero-order chi connectivity index (χ0) is 7.44. The van der Waals surface area contributed by atoms with E-state index in [0.717, 1.165) is 0 Å². The molecule has 0 amide bonds. The third-order valence-corrected chi connectivity index (χ3v) is 0.648. The minimum absolute atomic E-state index is 0. The van der Waals surface area contributed by atoms with Crippen molar-refractivity contribution in [1.29, 1.82) is 0 Å². The van der Waals surface area contributed by atoms with E-state index < -0.39 is 24.0 Å². The molecule has 0 spiro atoms. The summed E-state index contributed by atoms with van der Waals surface area (Å²) in [4.78, 5) is 29.9. The van der Waals surface area contributed by atoms with Crippen LogP contribution in [0.15, 0.2) is 0 Å². The summed E-state index contributed by atoms with van der Waals surface area (Å²) in [6, 6.07) is 0. The summed E-state index contributed by atoms with van der Waals surface area (Å²) in [6.45, 7) is 1.17. The molecular weight excluding hydrogens is 156 g/mol. The molecule has 6 heteroatoms. The number of hydrogen-bond acceptors (Lipinski definition) is 3. The van der Waals surface area contributed by atoms with E-state index in [9.17, 15) is 14.4 Å². The number of carboxylic acid groups (broad SMARTS) is 1. The van der Waals surface area contributed by atoms with Gasteiger partial charge >= 0.3 is 5.97 Å². The molecule has 0 aliphatic carbocycles. The molecule has 0 fully saturated rings. The van der Waals surface area contributed by atoms with E-state index >= 15 is 0 Å². The van der Waals surface area contributed by atoms with Gasteiger partial charge in [0.05, 0.1) is 6.42 Å². The van der Waals surface area contributed by atoms with Crippen LogP contribution in [0.4, 0.5) is 0 Å². The van der Waals surface area contributed by atoms with Crippen LogP contribution in [0.5, 0.6) is 0 Å². The van der Waals surface area contributed by atoms with Crippen molar-refractivity contribution in [2.24, 2.45) is 0 Å². The van der Waals surface area contributed by atoms with Gasteiger partial charge in [-0.15, -0.1) is 0 Å². The first-order valence-electron chi connectivity index (χ1n) is 2.29. The van der Waals surface area contributed by atoms with Crippen molar-refractivity contribution in [2.75, 3.05) is 0 Å². The highest BCUT2D eigenvalue weighted by molar-refractivity contribution is 6.36. The lowest BCUT2D eigenvalue weighted by molar-refractivity contribution is -0.150. The van der Waals surface area contributed by atoms with Gasteiger partial charge < -0.3 is 16.1 Å². The molecular formula is C5H10O6. The number of carbonyl (C=O) groups excluding carboxylic acids is 2. The molecule has 0 unspecified atom stereocenters. The summed E-state index contributed by atoms with van der Waals surface area (Å²) in [7, 11) is 0. The molecule has 0 radical (unpaired) electrons. The number of carboxylic acids is 1. The molecule has 0 aliphatic rings. The standard InChI is InChI=1S/C5H6O4.2H2O/c1-3(6)2-4(7)5(8)9;;/h2H2,1H3,(H,8,9);2*1H2. The fourth-order valence-electron chi connectivity index (χ4n) is 0.302. The average molecular weight is 166 g/mol. The van der Waals surface area contributed by atoms with Gasteiger partial charge in [0.25, 0.3) is 0 Å². The Labute approximate surface area is 62.4 Å². The normalized spacial score (nSPS) is 7.00. The molecule has 0 bridgehead atoms. The first-order chi connectivity index (χ1) is 4.04. The van der Waals surface area contributed by atoms with Gasteiger partial charge in [-0.05, 0) is 6.92 Å². The molecule has 0 aromatic carbocycles. The van der Waals surface area contributed by atoms with Crippen molar-refractivity contribution in [3.05, 3.63) is 0 Å². The highest BCUT2D eigenvalue weighted by atomic mass is 16.4. The second kappa shape index (κ2) is 6.84. The van der Waals surface area contributed by atoms with Crippen molar-refractivity contribution in [3.8, 4) is 0 Å². The van der Waals surface area contributed by atoms with Crippen LogP contribution in [0.3, 0.4) is 0 Å². The summed E-state index contributed by atoms with van der Waals surface area (Å²) in [5.74, 6) is -3.03. The van der Waals surface area contributed by atoms with Gasteiger partial charge in [0.1, 0.15) is 5.78 Å². The van der Waals surface area contributed by atoms with Crippen LogP contribution in [0, 0.1) is 0 Å². The largest absolute Gasteiger partial charge is 0.475 e. The predicted molar refractivity (Wildman–Crippen MR) is 35.2 cm³/mol. The van der Waals surface area contributed by atoms with Gasteiger partial charge in [-0.3, -0.25) is 9.59 Å². The second-order valence-corrected chi connectivity index (χ2v) is 1.61. The molecule has 0 aromatic rings. The SMILES string of the molecule is CC(=O)CC(=O)C(=O)O.O.O. The van der Waals surface area contributed by atoms with Crippen molar-refractivity contribution in [3.63, 3.8) is 0 Å². The quantitative estimate of drug-likeness (QED) is 0.382. The molecule has 66 valence electrons. The zero-order valence-electron chi connectivity index (χ0n) is 5.88. The van der Waals surface area contributed by atoms with Crippen molar-refractivity contribution < 1.29 is 30.4 Å². The third-order valence-electron chi connectivity index (χ3n) is 0.648. The van der Waals surface area contributed by atoms with Crippen LogP contribution in [0.1, 0.15) is 13.3 Å². The van der Waals surface area contributed by atoms with E-state index in [0.29, 0.717) is 0 Å². The molecule has 5 N–H and O–H groups in total. The number of ketones is 2. The lowest BCUT2D eigenvalue weighted by atomic mass is 10.2. The molecule has 6 nitrogen and oxygen atoms in total. The summed E-state index contributed by atoms with van der Waals surface area (Å²) in [5, 5.41) is 7.93. The zero-order valence-corrected chi connectivity index (χ0v) is 5.88. The molecule has 0 aromatic heterocycles. The van der Waals surface area contributed by atoms with Gasteiger partial charge in [0.15, 0.2) is 0 Å². The smallest absolute Gasteiger partial charge is 0.372 e. The van der Waals surface area contributed by atoms with Crippen LogP contribution in [0.25, 0.3) is 0 Å². The first-order valence-corrected chi connectivity index (χ1v) is 2.29. The maximum Gasteiger partial charge on any atom is 0.372 e. The highest BCUT2D eigenvalue weighted by Crippen LogP contribution is 1.83. The topological polar surface area (TPSA) is 134 Å². The van der Waals surface area contributed by atoms with E-state index in [-0.39, 0.29) is 11.0 Å². The Kier molecular flexibility index (Phi) is 10.2. The lowest BCUT2D eigenvalue weighted by Crippen LogP contribution is -2.15. The van der Waals surface area contributed by atoms with Crippen LogP contribution < -0.4 is 0 Å². The van der Waals surface area contributed by atoms with Gasteiger partial charge in [-0.2, -0.15) is 0 Å². The molecule has 0 aliphatic heterocycles. The van der Waals surface area contributed by atoms with Crippen LogP contribution in [-0.2, 0) is 14.4 Å². The molecule has 0 saturated carbocycles. The van der Waals surface area contributed by atoms with Crippen LogP contribution in [0.2, 0.25) is 0 Å². The Hall–Kier alpha value is -1.27. The minimum atomic E-state index is -1.55. The number of rotatable bonds is 3. The van der Waals surface area contributed by atoms with Crippen LogP contribution in [-0.4, -0.2) is 33.6 Å². The number of aliphatic carboxylic acids is 1.